The van der Waals surface area contributed by atoms with E-state index in [0.29, 0.717) is 0 Å². The van der Waals surface area contributed by atoms with E-state index in [-0.39, 0.29) is 5.82 Å². The lowest BCUT2D eigenvalue weighted by Crippen LogP contribution is -2.24. The first-order chi connectivity index (χ1) is 9.90. The number of nitrogens with one attached hydrogen (secondary N) is 1. The summed E-state index contributed by atoms with van der Waals surface area (Å²) in [6.45, 7) is 6.14. The number of halogens is 2. The van der Waals surface area contributed by atoms with Crippen molar-refractivity contribution in [3.63, 3.8) is 0 Å². The molecule has 2 aromatic rings. The lowest BCUT2D eigenvalue weighted by Gasteiger charge is -2.25. The van der Waals surface area contributed by atoms with E-state index in [1.54, 1.807) is 12.1 Å². The predicted octanol–water partition coefficient (Wildman–Crippen LogP) is 4.31. The van der Waals surface area contributed by atoms with Crippen molar-refractivity contribution < 1.29 is 4.39 Å². The van der Waals surface area contributed by atoms with E-state index in [1.165, 1.54) is 12.1 Å². The topological polar surface area (TPSA) is 37.8 Å². The Kier molecular flexibility index (Phi) is 4.61. The molecule has 5 heteroatoms. The normalized spacial score (nSPS) is 11.5. The number of anilines is 1. The van der Waals surface area contributed by atoms with Crippen LogP contribution in [0.5, 0.6) is 0 Å². The predicted molar refractivity (Wildman–Crippen MR) is 87.2 cm³/mol. The molecule has 0 amide bonds. The van der Waals surface area contributed by atoms with Gasteiger partial charge >= 0.3 is 0 Å². The number of benzene rings is 1. The van der Waals surface area contributed by atoms with Crippen LogP contribution in [0.3, 0.4) is 0 Å². The van der Waals surface area contributed by atoms with Crippen LogP contribution in [0.4, 0.5) is 10.2 Å². The van der Waals surface area contributed by atoms with Gasteiger partial charge in [-0.05, 0) is 53.9 Å². The smallest absolute Gasteiger partial charge is 0.144 e. The summed E-state index contributed by atoms with van der Waals surface area (Å²) in [5, 5.41) is 3.09. The van der Waals surface area contributed by atoms with Crippen LogP contribution in [0, 0.1) is 5.82 Å². The second-order valence-corrected chi connectivity index (χ2v) is 6.18. The minimum Gasteiger partial charge on any atom is -0.372 e. The van der Waals surface area contributed by atoms with Crippen LogP contribution in [0.1, 0.15) is 37.9 Å². The van der Waals surface area contributed by atoms with Gasteiger partial charge in [0.25, 0.3) is 0 Å². The van der Waals surface area contributed by atoms with E-state index >= 15 is 0 Å². The van der Waals surface area contributed by atoms with Crippen LogP contribution < -0.4 is 5.32 Å². The van der Waals surface area contributed by atoms with Gasteiger partial charge in [0.1, 0.15) is 17.5 Å². The van der Waals surface area contributed by atoms with Gasteiger partial charge in [-0.1, -0.05) is 19.1 Å². The Morgan fingerprint density at radius 1 is 1.19 bits per heavy atom. The minimum absolute atomic E-state index is 0.239. The number of nitrogens with zero attached hydrogens (tertiary/aromatic N) is 2. The average molecular weight is 352 g/mol. The van der Waals surface area contributed by atoms with E-state index < -0.39 is 5.41 Å². The van der Waals surface area contributed by atoms with Gasteiger partial charge in [-0.2, -0.15) is 0 Å². The fourth-order valence-electron chi connectivity index (χ4n) is 2.17. The summed E-state index contributed by atoms with van der Waals surface area (Å²) in [5.41, 5.74) is 1.54. The molecule has 0 spiro atoms. The average Bonchev–Trinajstić information content (AvgIpc) is 2.47. The van der Waals surface area contributed by atoms with Crippen molar-refractivity contribution in [2.45, 2.75) is 32.6 Å². The molecule has 1 aromatic heterocycles. The summed E-state index contributed by atoms with van der Waals surface area (Å²) in [7, 11) is 1.83. The molecule has 0 unspecified atom stereocenters. The molecule has 112 valence electrons. The number of rotatable bonds is 4. The highest BCUT2D eigenvalue weighted by molar-refractivity contribution is 9.10. The van der Waals surface area contributed by atoms with Gasteiger partial charge in [0.15, 0.2) is 0 Å². The SMILES string of the molecule is CCc1nc(C(C)(C)c2ccc(F)cc2)nc(NC)c1Br. The van der Waals surface area contributed by atoms with Crippen molar-refractivity contribution in [3.8, 4) is 0 Å². The third kappa shape index (κ3) is 3.07. The minimum atomic E-state index is -0.399. The van der Waals surface area contributed by atoms with E-state index in [0.717, 1.165) is 33.8 Å². The molecule has 2 rings (SSSR count). The zero-order valence-electron chi connectivity index (χ0n) is 12.7. The molecular weight excluding hydrogens is 333 g/mol. The fraction of sp³-hybridized carbons (Fsp3) is 0.375. The summed E-state index contributed by atoms with van der Waals surface area (Å²) in [5.74, 6) is 1.25. The number of aryl methyl sites for hydroxylation is 1. The second-order valence-electron chi connectivity index (χ2n) is 5.39. The Hall–Kier alpha value is -1.49. The van der Waals surface area contributed by atoms with Crippen LogP contribution >= 0.6 is 15.9 Å². The number of hydrogen-bond donors (Lipinski definition) is 1. The molecule has 3 nitrogen and oxygen atoms in total. The summed E-state index contributed by atoms with van der Waals surface area (Å²) < 4.78 is 14.0. The molecule has 0 bridgehead atoms. The van der Waals surface area contributed by atoms with E-state index in [9.17, 15) is 4.39 Å². The van der Waals surface area contributed by atoms with Crippen molar-refractivity contribution in [2.75, 3.05) is 12.4 Å². The van der Waals surface area contributed by atoms with Crippen molar-refractivity contribution in [1.82, 2.24) is 9.97 Å². The van der Waals surface area contributed by atoms with E-state index in [4.69, 9.17) is 0 Å². The molecule has 0 saturated heterocycles. The Morgan fingerprint density at radius 3 is 2.33 bits per heavy atom. The molecule has 1 heterocycles. The number of aromatic nitrogens is 2. The van der Waals surface area contributed by atoms with Crippen LogP contribution in [0.2, 0.25) is 0 Å². The first-order valence-corrected chi connectivity index (χ1v) is 7.70. The Morgan fingerprint density at radius 2 is 1.81 bits per heavy atom. The summed E-state index contributed by atoms with van der Waals surface area (Å²) in [6, 6.07) is 6.50. The van der Waals surface area contributed by atoms with Crippen molar-refractivity contribution in [3.05, 3.63) is 51.6 Å². The van der Waals surface area contributed by atoms with Crippen molar-refractivity contribution in [2.24, 2.45) is 0 Å². The molecule has 0 radical (unpaired) electrons. The first kappa shape index (κ1) is 15.9. The van der Waals surface area contributed by atoms with Gasteiger partial charge in [-0.15, -0.1) is 0 Å². The molecule has 0 aliphatic heterocycles. The Labute approximate surface area is 133 Å². The molecule has 0 aliphatic carbocycles. The third-order valence-corrected chi connectivity index (χ3v) is 4.45. The first-order valence-electron chi connectivity index (χ1n) is 6.90. The Balaban J connectivity index is 2.56. The molecule has 1 N–H and O–H groups in total. The van der Waals surface area contributed by atoms with E-state index in [2.05, 4.69) is 38.1 Å². The van der Waals surface area contributed by atoms with E-state index in [1.807, 2.05) is 20.9 Å². The summed E-state index contributed by atoms with van der Waals surface area (Å²) in [6.07, 6.45) is 0.810. The molecule has 1 aromatic carbocycles. The maximum absolute atomic E-state index is 13.1. The van der Waals surface area contributed by atoms with Gasteiger partial charge in [0.2, 0.25) is 0 Å². The molecule has 0 fully saturated rings. The second kappa shape index (κ2) is 6.10. The maximum atomic E-state index is 13.1. The van der Waals surface area contributed by atoms with Gasteiger partial charge in [-0.25, -0.2) is 14.4 Å². The Bertz CT molecular complexity index is 613. The standard InChI is InChI=1S/C16H19BrFN3/c1-5-12-13(17)14(19-4)21-15(20-12)16(2,3)10-6-8-11(18)9-7-10/h6-9H,5H2,1-4H3,(H,19,20,21). The third-order valence-electron chi connectivity index (χ3n) is 3.62. The van der Waals surface area contributed by atoms with Gasteiger partial charge < -0.3 is 5.32 Å². The van der Waals surface area contributed by atoms with Gasteiger partial charge in [0, 0.05) is 12.5 Å². The largest absolute Gasteiger partial charge is 0.372 e. The molecule has 21 heavy (non-hydrogen) atoms. The van der Waals surface area contributed by atoms with Gasteiger partial charge in [-0.3, -0.25) is 0 Å². The zero-order chi connectivity index (χ0) is 15.6. The number of hydrogen-bond acceptors (Lipinski definition) is 3. The molecule has 0 aliphatic rings. The van der Waals surface area contributed by atoms with Crippen LogP contribution in [-0.4, -0.2) is 17.0 Å². The monoisotopic (exact) mass is 351 g/mol. The van der Waals surface area contributed by atoms with Crippen LogP contribution in [-0.2, 0) is 11.8 Å². The summed E-state index contributed by atoms with van der Waals surface area (Å²) in [4.78, 5) is 9.29. The van der Waals surface area contributed by atoms with Gasteiger partial charge in [0.05, 0.1) is 10.2 Å². The summed E-state index contributed by atoms with van der Waals surface area (Å²) >= 11 is 3.53. The van der Waals surface area contributed by atoms with Crippen LogP contribution in [0.15, 0.2) is 28.7 Å². The van der Waals surface area contributed by atoms with Crippen molar-refractivity contribution in [1.29, 1.82) is 0 Å². The lowest BCUT2D eigenvalue weighted by atomic mass is 9.83. The quantitative estimate of drug-likeness (QED) is 0.891. The highest BCUT2D eigenvalue weighted by Crippen LogP contribution is 2.33. The van der Waals surface area contributed by atoms with Crippen molar-refractivity contribution >= 4 is 21.7 Å². The fourth-order valence-corrected chi connectivity index (χ4v) is 2.82. The van der Waals surface area contributed by atoms with Crippen LogP contribution in [0.25, 0.3) is 0 Å². The molecular formula is C16H19BrFN3. The zero-order valence-corrected chi connectivity index (χ0v) is 14.3. The maximum Gasteiger partial charge on any atom is 0.144 e. The lowest BCUT2D eigenvalue weighted by molar-refractivity contribution is 0.579. The highest BCUT2D eigenvalue weighted by atomic mass is 79.9. The highest BCUT2D eigenvalue weighted by Gasteiger charge is 2.28. The molecule has 0 saturated carbocycles. The molecule has 0 atom stereocenters.